The first kappa shape index (κ1) is 18.2. The van der Waals surface area contributed by atoms with Crippen LogP contribution >= 0.6 is 0 Å². The van der Waals surface area contributed by atoms with Gasteiger partial charge in [-0.05, 0) is 68.1 Å². The molecule has 0 amide bonds. The molecule has 0 aliphatic rings. The fourth-order valence-electron chi connectivity index (χ4n) is 4.05. The molecule has 0 fully saturated rings. The van der Waals surface area contributed by atoms with Crippen LogP contribution in [0.2, 0.25) is 0 Å². The van der Waals surface area contributed by atoms with E-state index in [-0.39, 0.29) is 5.56 Å². The number of benzene rings is 1. The topological polar surface area (TPSA) is 75.3 Å². The molecule has 5 rings (SSSR count). The van der Waals surface area contributed by atoms with Gasteiger partial charge in [-0.2, -0.15) is 0 Å². The van der Waals surface area contributed by atoms with E-state index >= 15 is 0 Å². The summed E-state index contributed by atoms with van der Waals surface area (Å²) < 4.78 is 7.50. The third-order valence-electron chi connectivity index (χ3n) is 5.40. The number of hydrogen-bond acceptors (Lipinski definition) is 4. The fraction of sp³-hybridized carbons (Fsp3) is 0.167. The Morgan fingerprint density at radius 1 is 1.10 bits per heavy atom. The Labute approximate surface area is 173 Å². The number of pyridine rings is 2. The van der Waals surface area contributed by atoms with Crippen molar-refractivity contribution in [2.45, 2.75) is 27.3 Å². The van der Waals surface area contributed by atoms with Gasteiger partial charge in [-0.3, -0.25) is 9.20 Å². The van der Waals surface area contributed by atoms with Gasteiger partial charge in [-0.1, -0.05) is 17.7 Å². The van der Waals surface area contributed by atoms with Crippen LogP contribution in [0.4, 0.5) is 5.82 Å². The molecular weight excluding hydrogens is 376 g/mol. The van der Waals surface area contributed by atoms with Gasteiger partial charge in [0.25, 0.3) is 5.56 Å². The number of furan rings is 1. The minimum atomic E-state index is -0.156. The van der Waals surface area contributed by atoms with Crippen molar-refractivity contribution >= 4 is 22.4 Å². The first-order valence-corrected chi connectivity index (χ1v) is 9.90. The number of aromatic nitrogens is 3. The lowest BCUT2D eigenvalue weighted by Crippen LogP contribution is -2.11. The van der Waals surface area contributed by atoms with Crippen LogP contribution in [0.25, 0.3) is 27.8 Å². The van der Waals surface area contributed by atoms with Gasteiger partial charge in [0, 0.05) is 5.69 Å². The van der Waals surface area contributed by atoms with E-state index in [1.807, 2.05) is 54.6 Å². The molecule has 0 radical (unpaired) electrons. The summed E-state index contributed by atoms with van der Waals surface area (Å²) >= 11 is 0. The zero-order valence-corrected chi connectivity index (χ0v) is 17.1. The Morgan fingerprint density at radius 2 is 1.97 bits per heavy atom. The molecular formula is C24H22N4O2. The molecule has 0 saturated carbocycles. The van der Waals surface area contributed by atoms with E-state index in [1.165, 1.54) is 0 Å². The van der Waals surface area contributed by atoms with Crippen LogP contribution in [-0.2, 0) is 6.54 Å². The van der Waals surface area contributed by atoms with Crippen LogP contribution in [0.1, 0.15) is 22.6 Å². The molecule has 0 aliphatic heterocycles. The predicted octanol–water partition coefficient (Wildman–Crippen LogP) is 4.97. The van der Waals surface area contributed by atoms with Gasteiger partial charge in [0.15, 0.2) is 0 Å². The molecule has 150 valence electrons. The SMILES string of the molecule is Cc1cc(C)c2[nH]c(=O)c(-c3nc4cccc(C)n4c3NCc3ccco3)cc2c1. The molecule has 4 aromatic heterocycles. The third-order valence-corrected chi connectivity index (χ3v) is 5.40. The van der Waals surface area contributed by atoms with E-state index in [2.05, 4.69) is 29.4 Å². The predicted molar refractivity (Wildman–Crippen MR) is 119 cm³/mol. The Morgan fingerprint density at radius 3 is 2.77 bits per heavy atom. The minimum absolute atomic E-state index is 0.156. The van der Waals surface area contributed by atoms with Gasteiger partial charge in [0.05, 0.1) is 23.9 Å². The number of fused-ring (bicyclic) bond motifs is 2. The van der Waals surface area contributed by atoms with Crippen molar-refractivity contribution in [2.24, 2.45) is 0 Å². The van der Waals surface area contributed by atoms with Crippen molar-refractivity contribution in [2.75, 3.05) is 5.32 Å². The molecule has 0 spiro atoms. The average molecular weight is 398 g/mol. The van der Waals surface area contributed by atoms with E-state index in [0.717, 1.165) is 44.9 Å². The van der Waals surface area contributed by atoms with Crippen molar-refractivity contribution in [1.29, 1.82) is 0 Å². The summed E-state index contributed by atoms with van der Waals surface area (Å²) in [6, 6.07) is 15.8. The maximum Gasteiger partial charge on any atom is 0.258 e. The summed E-state index contributed by atoms with van der Waals surface area (Å²) in [5.41, 5.74) is 5.88. The van der Waals surface area contributed by atoms with E-state index in [4.69, 9.17) is 9.40 Å². The Bertz CT molecular complexity index is 1440. The molecule has 6 heteroatoms. The van der Waals surface area contributed by atoms with E-state index in [1.54, 1.807) is 6.26 Å². The van der Waals surface area contributed by atoms with Crippen molar-refractivity contribution in [3.05, 3.63) is 87.7 Å². The molecule has 0 aliphatic carbocycles. The van der Waals surface area contributed by atoms with Gasteiger partial charge < -0.3 is 14.7 Å². The van der Waals surface area contributed by atoms with Gasteiger partial charge >= 0.3 is 0 Å². The summed E-state index contributed by atoms with van der Waals surface area (Å²) in [5.74, 6) is 1.58. The average Bonchev–Trinajstić information content (AvgIpc) is 3.35. The first-order chi connectivity index (χ1) is 14.5. The second-order valence-electron chi connectivity index (χ2n) is 7.66. The van der Waals surface area contributed by atoms with Crippen LogP contribution in [0.15, 0.2) is 64.0 Å². The van der Waals surface area contributed by atoms with Gasteiger partial charge in [0.1, 0.15) is 22.9 Å². The summed E-state index contributed by atoms with van der Waals surface area (Å²) in [7, 11) is 0. The van der Waals surface area contributed by atoms with Crippen LogP contribution in [-0.4, -0.2) is 14.4 Å². The number of hydrogen-bond donors (Lipinski definition) is 2. The Balaban J connectivity index is 1.74. The van der Waals surface area contributed by atoms with Gasteiger partial charge in [-0.15, -0.1) is 0 Å². The highest BCUT2D eigenvalue weighted by atomic mass is 16.3. The lowest BCUT2D eigenvalue weighted by Gasteiger charge is -2.10. The largest absolute Gasteiger partial charge is 0.467 e. The number of imidazole rings is 1. The molecule has 0 atom stereocenters. The maximum absolute atomic E-state index is 13.1. The lowest BCUT2D eigenvalue weighted by atomic mass is 10.0. The fourth-order valence-corrected chi connectivity index (χ4v) is 4.05. The highest BCUT2D eigenvalue weighted by Crippen LogP contribution is 2.30. The molecule has 1 aromatic carbocycles. The van der Waals surface area contributed by atoms with E-state index in [0.29, 0.717) is 17.8 Å². The van der Waals surface area contributed by atoms with Gasteiger partial charge in [-0.25, -0.2) is 4.98 Å². The second-order valence-corrected chi connectivity index (χ2v) is 7.66. The number of nitrogens with zero attached hydrogens (tertiary/aromatic N) is 2. The molecule has 5 aromatic rings. The first-order valence-electron chi connectivity index (χ1n) is 9.90. The number of rotatable bonds is 4. The van der Waals surface area contributed by atoms with Crippen molar-refractivity contribution < 1.29 is 4.42 Å². The van der Waals surface area contributed by atoms with Crippen LogP contribution in [0, 0.1) is 20.8 Å². The molecule has 0 unspecified atom stereocenters. The number of anilines is 1. The maximum atomic E-state index is 13.1. The lowest BCUT2D eigenvalue weighted by molar-refractivity contribution is 0.517. The van der Waals surface area contributed by atoms with Crippen LogP contribution < -0.4 is 10.9 Å². The zero-order chi connectivity index (χ0) is 20.8. The number of aryl methyl sites for hydroxylation is 3. The second kappa shape index (κ2) is 6.91. The highest BCUT2D eigenvalue weighted by molar-refractivity contribution is 5.88. The summed E-state index contributed by atoms with van der Waals surface area (Å²) in [6.45, 7) is 6.58. The molecule has 6 nitrogen and oxygen atoms in total. The van der Waals surface area contributed by atoms with Crippen molar-refractivity contribution in [3.63, 3.8) is 0 Å². The molecule has 0 bridgehead atoms. The number of nitrogens with one attached hydrogen (secondary N) is 2. The molecule has 2 N–H and O–H groups in total. The van der Waals surface area contributed by atoms with E-state index < -0.39 is 0 Å². The number of H-pyrrole nitrogens is 1. The minimum Gasteiger partial charge on any atom is -0.467 e. The Kier molecular flexibility index (Phi) is 4.20. The van der Waals surface area contributed by atoms with Crippen molar-refractivity contribution in [3.8, 4) is 11.3 Å². The molecule has 30 heavy (non-hydrogen) atoms. The van der Waals surface area contributed by atoms with Crippen LogP contribution in [0.3, 0.4) is 0 Å². The van der Waals surface area contributed by atoms with Crippen LogP contribution in [0.5, 0.6) is 0 Å². The summed E-state index contributed by atoms with van der Waals surface area (Å²) in [5, 5.41) is 4.42. The highest BCUT2D eigenvalue weighted by Gasteiger charge is 2.19. The Hall–Kier alpha value is -3.80. The number of aromatic amines is 1. The monoisotopic (exact) mass is 398 g/mol. The normalized spacial score (nSPS) is 11.4. The zero-order valence-electron chi connectivity index (χ0n) is 17.1. The summed E-state index contributed by atoms with van der Waals surface area (Å²) in [4.78, 5) is 20.9. The summed E-state index contributed by atoms with van der Waals surface area (Å²) in [6.07, 6.45) is 1.65. The quantitative estimate of drug-likeness (QED) is 0.448. The van der Waals surface area contributed by atoms with E-state index in [9.17, 15) is 4.79 Å². The smallest absolute Gasteiger partial charge is 0.258 e. The van der Waals surface area contributed by atoms with Crippen molar-refractivity contribution in [1.82, 2.24) is 14.4 Å². The standard InChI is InChI=1S/C24H22N4O2/c1-14-10-15(2)21-17(11-14)12-19(24(29)27-21)22-23(25-13-18-7-5-9-30-18)28-16(3)6-4-8-20(28)26-22/h4-12,25H,13H2,1-3H3,(H,27,29). The molecule has 0 saturated heterocycles. The van der Waals surface area contributed by atoms with Gasteiger partial charge in [0.2, 0.25) is 0 Å². The molecule has 4 heterocycles. The third kappa shape index (κ3) is 2.97.